The number of hydrogen-bond acceptors (Lipinski definition) is 8. The first kappa shape index (κ1) is 23.6. The summed E-state index contributed by atoms with van der Waals surface area (Å²) < 4.78 is 28.1. The van der Waals surface area contributed by atoms with E-state index in [1.54, 1.807) is 0 Å². The predicted octanol–water partition coefficient (Wildman–Crippen LogP) is 1.88. The lowest BCUT2D eigenvalue weighted by Crippen LogP contribution is -2.62. The molecule has 3 N–H and O–H groups in total. The van der Waals surface area contributed by atoms with Crippen molar-refractivity contribution in [3.05, 3.63) is 71.8 Å². The summed E-state index contributed by atoms with van der Waals surface area (Å²) in [5, 5.41) is 23.7. The summed E-state index contributed by atoms with van der Waals surface area (Å²) >= 11 is 0. The van der Waals surface area contributed by atoms with Gasteiger partial charge in [0, 0.05) is 12.1 Å². The monoisotopic (exact) mass is 459 g/mol. The molecule has 2 aliphatic heterocycles. The Hall–Kier alpha value is -2.53. The summed E-state index contributed by atoms with van der Waals surface area (Å²) in [6, 6.07) is 18.8. The zero-order chi connectivity index (χ0) is 23.0. The van der Waals surface area contributed by atoms with Crippen molar-refractivity contribution in [3.63, 3.8) is 0 Å². The molecular weight excluding hydrogens is 430 g/mol. The molecule has 0 bridgehead atoms. The van der Waals surface area contributed by atoms with Crippen LogP contribution in [0.3, 0.4) is 0 Å². The average molecular weight is 459 g/mol. The molecule has 33 heavy (non-hydrogen) atoms. The maximum Gasteiger partial charge on any atom is 0.407 e. The second-order valence-electron chi connectivity index (χ2n) is 7.91. The molecule has 2 aliphatic rings. The van der Waals surface area contributed by atoms with Gasteiger partial charge in [0.1, 0.15) is 31.0 Å². The SMILES string of the molecule is O=C(NCCCO[C@@H]1O[C@@H]2COC(c3ccccc3)O[C@H]2[C@H](O)[C@H]1O)OCc1ccccc1. The van der Waals surface area contributed by atoms with E-state index in [9.17, 15) is 15.0 Å². The van der Waals surface area contributed by atoms with Crippen LogP contribution in [0.2, 0.25) is 0 Å². The number of fused-ring (bicyclic) bond motifs is 1. The highest BCUT2D eigenvalue weighted by Gasteiger charge is 2.49. The summed E-state index contributed by atoms with van der Waals surface area (Å²) in [6.07, 6.45) is -5.47. The highest BCUT2D eigenvalue weighted by Crippen LogP contribution is 2.34. The third-order valence-electron chi connectivity index (χ3n) is 5.49. The Morgan fingerprint density at radius 3 is 2.48 bits per heavy atom. The molecule has 0 spiro atoms. The van der Waals surface area contributed by atoms with E-state index in [1.165, 1.54) is 0 Å². The Morgan fingerprint density at radius 1 is 1.00 bits per heavy atom. The van der Waals surface area contributed by atoms with Crippen LogP contribution in [0, 0.1) is 0 Å². The Kier molecular flexibility index (Phi) is 8.27. The Morgan fingerprint density at radius 2 is 1.73 bits per heavy atom. The molecule has 9 heteroatoms. The molecule has 2 saturated heterocycles. The van der Waals surface area contributed by atoms with Gasteiger partial charge in [-0.1, -0.05) is 60.7 Å². The van der Waals surface area contributed by atoms with Crippen LogP contribution >= 0.6 is 0 Å². The first-order valence-electron chi connectivity index (χ1n) is 11.0. The fourth-order valence-electron chi connectivity index (χ4n) is 3.73. The van der Waals surface area contributed by atoms with Crippen LogP contribution in [0.1, 0.15) is 23.8 Å². The van der Waals surface area contributed by atoms with Crippen molar-refractivity contribution >= 4 is 6.09 Å². The molecule has 0 aliphatic carbocycles. The maximum atomic E-state index is 11.8. The lowest BCUT2D eigenvalue weighted by molar-refractivity contribution is -0.361. The van der Waals surface area contributed by atoms with Crippen molar-refractivity contribution in [2.45, 2.75) is 50.0 Å². The average Bonchev–Trinajstić information content (AvgIpc) is 2.86. The molecule has 6 atom stereocenters. The van der Waals surface area contributed by atoms with Crippen molar-refractivity contribution in [3.8, 4) is 0 Å². The molecular formula is C24H29NO8. The van der Waals surface area contributed by atoms with Gasteiger partial charge >= 0.3 is 6.09 Å². The zero-order valence-electron chi connectivity index (χ0n) is 18.1. The Balaban J connectivity index is 1.16. The van der Waals surface area contributed by atoms with Crippen molar-refractivity contribution in [1.29, 1.82) is 0 Å². The van der Waals surface area contributed by atoms with Gasteiger partial charge in [0.25, 0.3) is 0 Å². The number of aliphatic hydroxyl groups is 2. The minimum absolute atomic E-state index is 0.195. The first-order valence-corrected chi connectivity index (χ1v) is 11.0. The van der Waals surface area contributed by atoms with Crippen molar-refractivity contribution in [1.82, 2.24) is 5.32 Å². The summed E-state index contributed by atoms with van der Waals surface area (Å²) in [7, 11) is 0. The standard InChI is InChI=1S/C24H29NO8/c26-19-20(27)23(29-13-7-12-25-24(28)31-14-16-8-3-1-4-9-16)32-18-15-30-22(33-21(18)19)17-10-5-2-6-11-17/h1-6,8-11,18-23,26-27H,7,12-15H2,(H,25,28)/t18-,19-,20-,21-,22?,23-/m1/s1. The molecule has 178 valence electrons. The normalized spacial score (nSPS) is 29.2. The number of rotatable bonds is 8. The smallest absolute Gasteiger partial charge is 0.407 e. The molecule has 2 aromatic carbocycles. The lowest BCUT2D eigenvalue weighted by atomic mass is 9.98. The molecule has 0 radical (unpaired) electrons. The van der Waals surface area contributed by atoms with E-state index in [0.29, 0.717) is 13.0 Å². The van der Waals surface area contributed by atoms with Gasteiger partial charge in [-0.3, -0.25) is 0 Å². The van der Waals surface area contributed by atoms with E-state index >= 15 is 0 Å². The minimum Gasteiger partial charge on any atom is -0.445 e. The minimum atomic E-state index is -1.27. The number of nitrogens with one attached hydrogen (secondary N) is 1. The summed E-state index contributed by atoms with van der Waals surface area (Å²) in [5.41, 5.74) is 1.73. The van der Waals surface area contributed by atoms with Crippen molar-refractivity contribution < 1.29 is 38.7 Å². The van der Waals surface area contributed by atoms with E-state index in [0.717, 1.165) is 11.1 Å². The number of benzene rings is 2. The molecule has 4 rings (SSSR count). The van der Waals surface area contributed by atoms with Crippen molar-refractivity contribution in [2.75, 3.05) is 19.8 Å². The number of amides is 1. The van der Waals surface area contributed by atoms with Crippen LogP contribution in [0.25, 0.3) is 0 Å². The van der Waals surface area contributed by atoms with Crippen LogP contribution in [0.15, 0.2) is 60.7 Å². The molecule has 0 aromatic heterocycles. The van der Waals surface area contributed by atoms with Crippen LogP contribution in [-0.4, -0.2) is 66.8 Å². The van der Waals surface area contributed by atoms with Crippen molar-refractivity contribution in [2.24, 2.45) is 0 Å². The number of hydrogen-bond donors (Lipinski definition) is 3. The zero-order valence-corrected chi connectivity index (χ0v) is 18.1. The Labute approximate surface area is 192 Å². The predicted molar refractivity (Wildman–Crippen MR) is 116 cm³/mol. The third-order valence-corrected chi connectivity index (χ3v) is 5.49. The topological polar surface area (TPSA) is 116 Å². The van der Waals surface area contributed by atoms with Crippen LogP contribution in [0.5, 0.6) is 0 Å². The Bertz CT molecular complexity index is 865. The molecule has 2 heterocycles. The summed E-state index contributed by atoms with van der Waals surface area (Å²) in [4.78, 5) is 11.8. The van der Waals surface area contributed by atoms with Gasteiger partial charge in [0.15, 0.2) is 12.6 Å². The molecule has 1 amide bonds. The number of carbonyl (C=O) groups excluding carboxylic acids is 1. The van der Waals surface area contributed by atoms with Gasteiger partial charge in [-0.05, 0) is 12.0 Å². The summed E-state index contributed by atoms with van der Waals surface area (Å²) in [5.74, 6) is 0. The number of carbonyl (C=O) groups is 1. The molecule has 2 fully saturated rings. The molecule has 9 nitrogen and oxygen atoms in total. The lowest BCUT2D eigenvalue weighted by Gasteiger charge is -2.46. The quantitative estimate of drug-likeness (QED) is 0.513. The number of ether oxygens (including phenoxy) is 5. The van der Waals surface area contributed by atoms with Crippen LogP contribution in [-0.2, 0) is 30.3 Å². The maximum absolute atomic E-state index is 11.8. The van der Waals surface area contributed by atoms with Gasteiger partial charge < -0.3 is 39.2 Å². The van der Waals surface area contributed by atoms with Gasteiger partial charge in [0.2, 0.25) is 0 Å². The second-order valence-corrected chi connectivity index (χ2v) is 7.91. The highest BCUT2D eigenvalue weighted by atomic mass is 16.8. The molecule has 0 saturated carbocycles. The second kappa shape index (κ2) is 11.6. The van der Waals surface area contributed by atoms with Gasteiger partial charge in [-0.15, -0.1) is 0 Å². The van der Waals surface area contributed by atoms with Gasteiger partial charge in [-0.25, -0.2) is 4.79 Å². The first-order chi connectivity index (χ1) is 16.1. The van der Waals surface area contributed by atoms with E-state index in [2.05, 4.69) is 5.32 Å². The summed E-state index contributed by atoms with van der Waals surface area (Å²) in [6.45, 7) is 0.929. The van der Waals surface area contributed by atoms with Gasteiger partial charge in [0.05, 0.1) is 13.2 Å². The fourth-order valence-corrected chi connectivity index (χ4v) is 3.73. The number of aliphatic hydroxyl groups excluding tert-OH is 2. The largest absolute Gasteiger partial charge is 0.445 e. The molecule has 1 unspecified atom stereocenters. The van der Waals surface area contributed by atoms with E-state index in [4.69, 9.17) is 23.7 Å². The van der Waals surface area contributed by atoms with E-state index in [1.807, 2.05) is 60.7 Å². The highest BCUT2D eigenvalue weighted by molar-refractivity contribution is 5.67. The van der Waals surface area contributed by atoms with Crippen LogP contribution < -0.4 is 5.32 Å². The molecule has 2 aromatic rings. The number of alkyl carbamates (subject to hydrolysis) is 1. The fraction of sp³-hybridized carbons (Fsp3) is 0.458. The van der Waals surface area contributed by atoms with E-state index in [-0.39, 0.29) is 19.8 Å². The van der Waals surface area contributed by atoms with E-state index < -0.39 is 43.1 Å². The third kappa shape index (κ3) is 6.29. The van der Waals surface area contributed by atoms with Gasteiger partial charge in [-0.2, -0.15) is 0 Å². The van der Waals surface area contributed by atoms with Crippen LogP contribution in [0.4, 0.5) is 4.79 Å².